The van der Waals surface area contributed by atoms with Gasteiger partial charge in [0, 0.05) is 37.0 Å². The van der Waals surface area contributed by atoms with Crippen molar-refractivity contribution < 1.29 is 5.11 Å². The quantitative estimate of drug-likeness (QED) is 0.617. The van der Waals surface area contributed by atoms with E-state index in [1.807, 2.05) is 12.3 Å². The fourth-order valence-corrected chi connectivity index (χ4v) is 2.17. The van der Waals surface area contributed by atoms with Crippen molar-refractivity contribution in [3.8, 4) is 0 Å². The van der Waals surface area contributed by atoms with Crippen LogP contribution in [-0.4, -0.2) is 29.8 Å². The molecule has 1 heterocycles. The molecule has 1 aromatic rings. The highest BCUT2D eigenvalue weighted by Crippen LogP contribution is 2.39. The molecule has 0 saturated heterocycles. The molecule has 0 spiro atoms. The summed E-state index contributed by atoms with van der Waals surface area (Å²) in [5.74, 6) is 0. The van der Waals surface area contributed by atoms with Gasteiger partial charge in [-0.25, -0.2) is 0 Å². The maximum absolute atomic E-state index is 9.27. The third kappa shape index (κ3) is 2.61. The van der Waals surface area contributed by atoms with Gasteiger partial charge in [0.05, 0.1) is 0 Å². The normalized spacial score (nSPS) is 18.7. The Morgan fingerprint density at radius 3 is 2.87 bits per heavy atom. The molecule has 3 heteroatoms. The van der Waals surface area contributed by atoms with E-state index in [-0.39, 0.29) is 5.41 Å². The minimum Gasteiger partial charge on any atom is -0.396 e. The van der Waals surface area contributed by atoms with Crippen LogP contribution in [0.2, 0.25) is 0 Å². The van der Waals surface area contributed by atoms with Crippen LogP contribution in [0, 0.1) is 5.41 Å². The van der Waals surface area contributed by atoms with E-state index in [0.717, 1.165) is 19.5 Å². The van der Waals surface area contributed by atoms with Gasteiger partial charge < -0.3 is 15.4 Å². The summed E-state index contributed by atoms with van der Waals surface area (Å²) in [5.41, 5.74) is 1.48. The number of hydrogen-bond acceptors (Lipinski definition) is 2. The largest absolute Gasteiger partial charge is 0.396 e. The first kappa shape index (κ1) is 10.7. The number of rotatable bonds is 6. The van der Waals surface area contributed by atoms with Crippen LogP contribution in [0.1, 0.15) is 25.0 Å². The summed E-state index contributed by atoms with van der Waals surface area (Å²) in [7, 11) is 0. The summed E-state index contributed by atoms with van der Waals surface area (Å²) in [5, 5.41) is 12.7. The van der Waals surface area contributed by atoms with E-state index in [4.69, 9.17) is 0 Å². The van der Waals surface area contributed by atoms with Crippen molar-refractivity contribution in [2.75, 3.05) is 19.7 Å². The van der Waals surface area contributed by atoms with Crippen molar-refractivity contribution in [1.82, 2.24) is 10.3 Å². The Morgan fingerprint density at radius 1 is 1.47 bits per heavy atom. The zero-order valence-electron chi connectivity index (χ0n) is 9.13. The Morgan fingerprint density at radius 2 is 2.33 bits per heavy atom. The highest BCUT2D eigenvalue weighted by molar-refractivity contribution is 5.03. The van der Waals surface area contributed by atoms with Gasteiger partial charge in [-0.15, -0.1) is 0 Å². The van der Waals surface area contributed by atoms with Crippen molar-refractivity contribution in [3.05, 3.63) is 24.0 Å². The topological polar surface area (TPSA) is 48.0 Å². The zero-order valence-corrected chi connectivity index (χ0v) is 9.13. The van der Waals surface area contributed by atoms with Gasteiger partial charge in [-0.05, 0) is 31.4 Å². The van der Waals surface area contributed by atoms with Gasteiger partial charge in [-0.1, -0.05) is 6.42 Å². The van der Waals surface area contributed by atoms with Gasteiger partial charge in [0.25, 0.3) is 0 Å². The van der Waals surface area contributed by atoms with Crippen LogP contribution in [0.5, 0.6) is 0 Å². The molecule has 0 atom stereocenters. The monoisotopic (exact) mass is 208 g/mol. The van der Waals surface area contributed by atoms with Crippen LogP contribution >= 0.6 is 0 Å². The predicted molar refractivity (Wildman–Crippen MR) is 60.7 cm³/mol. The molecule has 0 aromatic carbocycles. The van der Waals surface area contributed by atoms with Gasteiger partial charge in [0.15, 0.2) is 0 Å². The molecular formula is C12H20N2O. The average Bonchev–Trinajstić information content (AvgIpc) is 2.68. The molecule has 0 bridgehead atoms. The lowest BCUT2D eigenvalue weighted by Crippen LogP contribution is -2.43. The Hall–Kier alpha value is -0.800. The first-order valence-corrected chi connectivity index (χ1v) is 5.79. The molecule has 84 valence electrons. The summed E-state index contributed by atoms with van der Waals surface area (Å²) < 4.78 is 0. The summed E-state index contributed by atoms with van der Waals surface area (Å²) in [6.07, 6.45) is 6.63. The maximum Gasteiger partial charge on any atom is 0.0499 e. The van der Waals surface area contributed by atoms with Gasteiger partial charge in [-0.2, -0.15) is 0 Å². The summed E-state index contributed by atoms with van der Waals surface area (Å²) in [6, 6.07) is 4.13. The van der Waals surface area contributed by atoms with Crippen LogP contribution in [0.25, 0.3) is 0 Å². The van der Waals surface area contributed by atoms with Crippen molar-refractivity contribution in [3.63, 3.8) is 0 Å². The van der Waals surface area contributed by atoms with Gasteiger partial charge in [0.1, 0.15) is 0 Å². The molecule has 3 nitrogen and oxygen atoms in total. The van der Waals surface area contributed by atoms with Crippen molar-refractivity contribution in [1.29, 1.82) is 0 Å². The first-order valence-electron chi connectivity index (χ1n) is 5.79. The molecule has 1 aliphatic carbocycles. The van der Waals surface area contributed by atoms with Crippen molar-refractivity contribution in [2.24, 2.45) is 5.41 Å². The summed E-state index contributed by atoms with van der Waals surface area (Å²) in [4.78, 5) is 3.19. The molecule has 1 aliphatic rings. The molecule has 2 rings (SSSR count). The molecule has 3 N–H and O–H groups in total. The summed E-state index contributed by atoms with van der Waals surface area (Å²) in [6.45, 7) is 2.29. The van der Waals surface area contributed by atoms with Gasteiger partial charge in [-0.3, -0.25) is 0 Å². The molecule has 1 fully saturated rings. The maximum atomic E-state index is 9.27. The minimum atomic E-state index is 0.204. The molecule has 0 unspecified atom stereocenters. The number of aliphatic hydroxyl groups is 1. The molecule has 0 aliphatic heterocycles. The lowest BCUT2D eigenvalue weighted by atomic mass is 9.69. The highest BCUT2D eigenvalue weighted by Gasteiger charge is 2.35. The standard InChI is InChI=1S/C12H20N2O/c15-10-12(5-2-6-12)9-13-8-4-11-3-1-7-14-11/h1,3,7,13-15H,2,4-6,8-10H2. The van der Waals surface area contributed by atoms with E-state index in [0.29, 0.717) is 6.61 Å². The number of aromatic amines is 1. The number of aromatic nitrogens is 1. The fraction of sp³-hybridized carbons (Fsp3) is 0.667. The first-order chi connectivity index (χ1) is 7.35. The summed E-state index contributed by atoms with van der Waals surface area (Å²) >= 11 is 0. The predicted octanol–water partition coefficient (Wildman–Crippen LogP) is 1.31. The second-order valence-corrected chi connectivity index (χ2v) is 4.63. The Kier molecular flexibility index (Phi) is 3.44. The number of nitrogens with one attached hydrogen (secondary N) is 2. The van der Waals surface area contributed by atoms with Gasteiger partial charge in [0.2, 0.25) is 0 Å². The third-order valence-corrected chi connectivity index (χ3v) is 3.48. The molecule has 15 heavy (non-hydrogen) atoms. The fourth-order valence-electron chi connectivity index (χ4n) is 2.17. The lowest BCUT2D eigenvalue weighted by Gasteiger charge is -2.40. The molecular weight excluding hydrogens is 188 g/mol. The third-order valence-electron chi connectivity index (χ3n) is 3.48. The smallest absolute Gasteiger partial charge is 0.0499 e. The van der Waals surface area contributed by atoms with Crippen LogP contribution in [-0.2, 0) is 6.42 Å². The minimum absolute atomic E-state index is 0.204. The number of aliphatic hydroxyl groups excluding tert-OH is 1. The van der Waals surface area contributed by atoms with Crippen molar-refractivity contribution >= 4 is 0 Å². The van der Waals surface area contributed by atoms with E-state index < -0.39 is 0 Å². The van der Waals surface area contributed by atoms with Crippen LogP contribution in [0.4, 0.5) is 0 Å². The Bertz CT molecular complexity index is 272. The van der Waals surface area contributed by atoms with E-state index in [2.05, 4.69) is 16.4 Å². The lowest BCUT2D eigenvalue weighted by molar-refractivity contribution is 0.0450. The van der Waals surface area contributed by atoms with E-state index >= 15 is 0 Å². The molecule has 1 aromatic heterocycles. The van der Waals surface area contributed by atoms with Crippen LogP contribution < -0.4 is 5.32 Å². The Labute approximate surface area is 90.9 Å². The van der Waals surface area contributed by atoms with Crippen LogP contribution in [0.15, 0.2) is 18.3 Å². The molecule has 0 radical (unpaired) electrons. The Balaban J connectivity index is 1.62. The van der Waals surface area contributed by atoms with Gasteiger partial charge >= 0.3 is 0 Å². The van der Waals surface area contributed by atoms with E-state index in [1.54, 1.807) is 0 Å². The van der Waals surface area contributed by atoms with E-state index in [1.165, 1.54) is 25.0 Å². The SMILES string of the molecule is OCC1(CNCCc2ccc[nH]2)CCC1. The zero-order chi connectivity index (χ0) is 10.6. The second-order valence-electron chi connectivity index (χ2n) is 4.63. The average molecular weight is 208 g/mol. The van der Waals surface area contributed by atoms with Crippen LogP contribution in [0.3, 0.4) is 0 Å². The highest BCUT2D eigenvalue weighted by atomic mass is 16.3. The molecule has 0 amide bonds. The van der Waals surface area contributed by atoms with E-state index in [9.17, 15) is 5.11 Å². The van der Waals surface area contributed by atoms with Crippen molar-refractivity contribution in [2.45, 2.75) is 25.7 Å². The number of H-pyrrole nitrogens is 1. The number of hydrogen-bond donors (Lipinski definition) is 3. The second kappa shape index (κ2) is 4.81. The molecule has 1 saturated carbocycles.